The summed E-state index contributed by atoms with van der Waals surface area (Å²) in [4.78, 5) is 18.9. The molecule has 156 valence electrons. The average Bonchev–Trinajstić information content (AvgIpc) is 3.06. The molecule has 29 heavy (non-hydrogen) atoms. The normalized spacial score (nSPS) is 16.1. The van der Waals surface area contributed by atoms with Crippen molar-refractivity contribution < 1.29 is 5.11 Å². The first kappa shape index (κ1) is 21.8. The summed E-state index contributed by atoms with van der Waals surface area (Å²) in [5.41, 5.74) is 2.31. The number of fused-ring (bicyclic) bond motifs is 1. The van der Waals surface area contributed by atoms with Crippen molar-refractivity contribution in [3.63, 3.8) is 0 Å². The second-order valence-corrected chi connectivity index (χ2v) is 7.78. The summed E-state index contributed by atoms with van der Waals surface area (Å²) >= 11 is 6.47. The van der Waals surface area contributed by atoms with Gasteiger partial charge in [0.05, 0.1) is 17.7 Å². The standard InChI is InChI=1S/C20H25ClN6O.ClH/c1-13(12-28)27-18(15-6-4-5-7-16(15)21)24-17-19(22-14(2)23-20(17)27)26-10-8-25(3)9-11-26;/h4-7,13,28H,8-12H2,1-3H3;1H. The van der Waals surface area contributed by atoms with E-state index < -0.39 is 0 Å². The van der Waals surface area contributed by atoms with Crippen molar-refractivity contribution in [2.75, 3.05) is 44.7 Å². The van der Waals surface area contributed by atoms with E-state index in [0.717, 1.165) is 48.7 Å². The Morgan fingerprint density at radius 2 is 1.79 bits per heavy atom. The first-order valence-electron chi connectivity index (χ1n) is 9.55. The summed E-state index contributed by atoms with van der Waals surface area (Å²) in [6.45, 7) is 7.59. The molecule has 0 amide bonds. The molecule has 2 aromatic heterocycles. The molecule has 1 aliphatic rings. The maximum atomic E-state index is 9.88. The summed E-state index contributed by atoms with van der Waals surface area (Å²) in [6, 6.07) is 7.44. The van der Waals surface area contributed by atoms with E-state index in [-0.39, 0.29) is 25.1 Å². The van der Waals surface area contributed by atoms with Crippen LogP contribution in [0.2, 0.25) is 5.02 Å². The minimum absolute atomic E-state index is 0. The van der Waals surface area contributed by atoms with Crippen molar-refractivity contribution in [2.45, 2.75) is 19.9 Å². The van der Waals surface area contributed by atoms with Gasteiger partial charge in [0.15, 0.2) is 17.0 Å². The topological polar surface area (TPSA) is 70.3 Å². The van der Waals surface area contributed by atoms with Gasteiger partial charge < -0.3 is 19.5 Å². The molecule has 1 atom stereocenters. The van der Waals surface area contributed by atoms with E-state index in [4.69, 9.17) is 21.6 Å². The molecule has 4 rings (SSSR count). The number of hydrogen-bond donors (Lipinski definition) is 1. The molecule has 0 aliphatic carbocycles. The molecule has 7 nitrogen and oxygen atoms in total. The van der Waals surface area contributed by atoms with Crippen LogP contribution >= 0.6 is 24.0 Å². The maximum Gasteiger partial charge on any atom is 0.166 e. The zero-order chi connectivity index (χ0) is 19.8. The summed E-state index contributed by atoms with van der Waals surface area (Å²) in [6.07, 6.45) is 0. The molecular weight excluding hydrogens is 411 g/mol. The van der Waals surface area contributed by atoms with Gasteiger partial charge >= 0.3 is 0 Å². The zero-order valence-electron chi connectivity index (χ0n) is 16.8. The molecule has 1 aliphatic heterocycles. The molecule has 0 radical (unpaired) electrons. The van der Waals surface area contributed by atoms with Gasteiger partial charge in [0.25, 0.3) is 0 Å². The summed E-state index contributed by atoms with van der Waals surface area (Å²) in [5, 5.41) is 10.5. The molecule has 1 aromatic carbocycles. The fraction of sp³-hybridized carbons (Fsp3) is 0.450. The monoisotopic (exact) mass is 436 g/mol. The van der Waals surface area contributed by atoms with Gasteiger partial charge in [0.1, 0.15) is 11.6 Å². The SMILES string of the molecule is Cc1nc(N2CCN(C)CC2)c2nc(-c3ccccc3Cl)n(C(C)CO)c2n1.Cl. The quantitative estimate of drug-likeness (QED) is 0.676. The fourth-order valence-electron chi connectivity index (χ4n) is 3.64. The molecule has 1 fully saturated rings. The number of aryl methyl sites for hydroxylation is 1. The predicted molar refractivity (Wildman–Crippen MR) is 119 cm³/mol. The number of likely N-dealkylation sites (N-methyl/N-ethyl adjacent to an activating group) is 1. The fourth-order valence-corrected chi connectivity index (χ4v) is 3.86. The van der Waals surface area contributed by atoms with E-state index in [2.05, 4.69) is 21.8 Å². The number of rotatable bonds is 4. The van der Waals surface area contributed by atoms with Crippen LogP contribution in [0.1, 0.15) is 18.8 Å². The Hall–Kier alpha value is -1.93. The van der Waals surface area contributed by atoms with Crippen molar-refractivity contribution in [2.24, 2.45) is 0 Å². The molecule has 3 heterocycles. The van der Waals surface area contributed by atoms with Gasteiger partial charge in [0.2, 0.25) is 0 Å². The number of halogens is 2. The summed E-state index contributed by atoms with van der Waals surface area (Å²) in [7, 11) is 2.13. The van der Waals surface area contributed by atoms with Crippen LogP contribution in [0.4, 0.5) is 5.82 Å². The highest BCUT2D eigenvalue weighted by Crippen LogP contribution is 2.34. The Bertz CT molecular complexity index is 1000. The zero-order valence-corrected chi connectivity index (χ0v) is 18.4. The summed E-state index contributed by atoms with van der Waals surface area (Å²) in [5.74, 6) is 2.25. The molecule has 9 heteroatoms. The Labute approximate surface area is 181 Å². The largest absolute Gasteiger partial charge is 0.394 e. The van der Waals surface area contributed by atoms with Gasteiger partial charge in [-0.1, -0.05) is 23.7 Å². The van der Waals surface area contributed by atoms with Crippen LogP contribution in [0.15, 0.2) is 24.3 Å². The number of aliphatic hydroxyl groups is 1. The summed E-state index contributed by atoms with van der Waals surface area (Å²) < 4.78 is 1.98. The number of aliphatic hydroxyl groups excluding tert-OH is 1. The van der Waals surface area contributed by atoms with E-state index >= 15 is 0 Å². The predicted octanol–water partition coefficient (Wildman–Crippen LogP) is 3.18. The lowest BCUT2D eigenvalue weighted by Crippen LogP contribution is -2.45. The number of imidazole rings is 1. The van der Waals surface area contributed by atoms with Crippen LogP contribution in [0.5, 0.6) is 0 Å². The highest BCUT2D eigenvalue weighted by Gasteiger charge is 2.26. The third-order valence-electron chi connectivity index (χ3n) is 5.26. The third kappa shape index (κ3) is 4.05. The highest BCUT2D eigenvalue weighted by atomic mass is 35.5. The number of piperazine rings is 1. The van der Waals surface area contributed by atoms with E-state index in [9.17, 15) is 5.11 Å². The van der Waals surface area contributed by atoms with Gasteiger partial charge in [-0.15, -0.1) is 12.4 Å². The van der Waals surface area contributed by atoms with Crippen molar-refractivity contribution >= 4 is 41.0 Å². The Kier molecular flexibility index (Phi) is 6.63. The molecule has 1 saturated heterocycles. The van der Waals surface area contributed by atoms with E-state index in [1.807, 2.05) is 42.7 Å². The molecule has 0 spiro atoms. The van der Waals surface area contributed by atoms with Gasteiger partial charge in [-0.3, -0.25) is 0 Å². The molecule has 1 N–H and O–H groups in total. The first-order chi connectivity index (χ1) is 13.5. The van der Waals surface area contributed by atoms with Gasteiger partial charge in [0, 0.05) is 31.7 Å². The van der Waals surface area contributed by atoms with Crippen LogP contribution in [-0.2, 0) is 0 Å². The molecular formula is C20H26Cl2N6O. The number of anilines is 1. The van der Waals surface area contributed by atoms with Gasteiger partial charge in [-0.25, -0.2) is 15.0 Å². The third-order valence-corrected chi connectivity index (χ3v) is 5.59. The minimum Gasteiger partial charge on any atom is -0.394 e. The molecule has 0 bridgehead atoms. The lowest BCUT2D eigenvalue weighted by molar-refractivity contribution is 0.242. The number of aromatic nitrogens is 4. The van der Waals surface area contributed by atoms with Crippen molar-refractivity contribution in [1.29, 1.82) is 0 Å². The van der Waals surface area contributed by atoms with Crippen molar-refractivity contribution in [3.8, 4) is 11.4 Å². The Morgan fingerprint density at radius 1 is 1.10 bits per heavy atom. The Balaban J connectivity index is 0.00000240. The number of benzene rings is 1. The van der Waals surface area contributed by atoms with Crippen LogP contribution in [0.25, 0.3) is 22.6 Å². The smallest absolute Gasteiger partial charge is 0.166 e. The van der Waals surface area contributed by atoms with E-state index in [1.165, 1.54) is 0 Å². The second kappa shape index (κ2) is 8.83. The van der Waals surface area contributed by atoms with Gasteiger partial charge in [-0.2, -0.15) is 0 Å². The minimum atomic E-state index is -0.189. The van der Waals surface area contributed by atoms with Crippen LogP contribution in [0.3, 0.4) is 0 Å². The molecule has 0 saturated carbocycles. The lowest BCUT2D eigenvalue weighted by Gasteiger charge is -2.33. The molecule has 1 unspecified atom stereocenters. The maximum absolute atomic E-state index is 9.88. The number of nitrogens with zero attached hydrogens (tertiary/aromatic N) is 6. The number of hydrogen-bond acceptors (Lipinski definition) is 6. The van der Waals surface area contributed by atoms with Crippen LogP contribution in [0, 0.1) is 6.92 Å². The van der Waals surface area contributed by atoms with Gasteiger partial charge in [-0.05, 0) is 33.0 Å². The lowest BCUT2D eigenvalue weighted by atomic mass is 10.2. The second-order valence-electron chi connectivity index (χ2n) is 7.37. The highest BCUT2D eigenvalue weighted by molar-refractivity contribution is 6.33. The van der Waals surface area contributed by atoms with E-state index in [1.54, 1.807) is 0 Å². The van der Waals surface area contributed by atoms with Crippen molar-refractivity contribution in [1.82, 2.24) is 24.4 Å². The molecule has 3 aromatic rings. The average molecular weight is 437 g/mol. The van der Waals surface area contributed by atoms with Crippen LogP contribution < -0.4 is 4.90 Å². The van der Waals surface area contributed by atoms with Crippen molar-refractivity contribution in [3.05, 3.63) is 35.1 Å². The van der Waals surface area contributed by atoms with Crippen LogP contribution in [-0.4, -0.2) is 69.4 Å². The first-order valence-corrected chi connectivity index (χ1v) is 9.93. The van der Waals surface area contributed by atoms with E-state index in [0.29, 0.717) is 16.7 Å². The Morgan fingerprint density at radius 3 is 2.45 bits per heavy atom.